The van der Waals surface area contributed by atoms with Crippen LogP contribution in [-0.2, 0) is 32.6 Å². The van der Waals surface area contributed by atoms with Gasteiger partial charge in [-0.25, -0.2) is 8.42 Å². The van der Waals surface area contributed by atoms with Crippen LogP contribution in [0.1, 0.15) is 18.1 Å². The van der Waals surface area contributed by atoms with Gasteiger partial charge in [0.25, 0.3) is 10.0 Å². The van der Waals surface area contributed by atoms with E-state index in [1.54, 1.807) is 73.7 Å². The number of carbonyl (C=O) groups excluding carboxylic acids is 2. The molecule has 224 valence electrons. The Hall–Kier alpha value is -4.34. The predicted octanol–water partition coefficient (Wildman–Crippen LogP) is 5.32. The lowest BCUT2D eigenvalue weighted by molar-refractivity contribution is -0.140. The van der Waals surface area contributed by atoms with Crippen molar-refractivity contribution in [1.29, 1.82) is 0 Å². The third kappa shape index (κ3) is 7.94. The van der Waals surface area contributed by atoms with Crippen LogP contribution in [0.15, 0.2) is 114 Å². The van der Waals surface area contributed by atoms with Crippen molar-refractivity contribution in [2.45, 2.75) is 30.8 Å². The summed E-state index contributed by atoms with van der Waals surface area (Å²) in [4.78, 5) is 29.3. The molecule has 0 aliphatic rings. The summed E-state index contributed by atoms with van der Waals surface area (Å²) >= 11 is 6.50. The van der Waals surface area contributed by atoms with E-state index in [4.69, 9.17) is 16.3 Å². The second kappa shape index (κ2) is 14.7. The third-order valence-electron chi connectivity index (χ3n) is 6.89. The van der Waals surface area contributed by atoms with Crippen LogP contribution in [0.25, 0.3) is 0 Å². The summed E-state index contributed by atoms with van der Waals surface area (Å²) in [5, 5.41) is 3.27. The quantitative estimate of drug-likeness (QED) is 0.219. The summed E-state index contributed by atoms with van der Waals surface area (Å²) in [6.07, 6.45) is 0.219. The topological polar surface area (TPSA) is 96.0 Å². The van der Waals surface area contributed by atoms with Gasteiger partial charge in [-0.15, -0.1) is 0 Å². The van der Waals surface area contributed by atoms with Gasteiger partial charge in [0.1, 0.15) is 18.3 Å². The highest BCUT2D eigenvalue weighted by atomic mass is 35.5. The SMILES string of the molecule is CCNC(=O)[C@H](Cc1ccccc1)N(Cc1ccccc1Cl)C(=O)CN(c1ccc(OC)cc1)S(=O)(=O)c1ccccc1. The minimum absolute atomic E-state index is 0.00498. The fourth-order valence-corrected chi connectivity index (χ4v) is 6.28. The Bertz CT molecular complexity index is 1620. The van der Waals surface area contributed by atoms with E-state index in [1.165, 1.54) is 24.1 Å². The molecular weight excluding hydrogens is 586 g/mol. The number of ether oxygens (including phenoxy) is 1. The molecule has 4 aromatic rings. The standard InChI is InChI=1S/C33H34ClN3O5S/c1-3-35-33(39)31(22-25-12-6-4-7-13-25)36(23-26-14-10-11-17-30(26)34)32(38)24-37(27-18-20-28(42-2)21-19-27)43(40,41)29-15-8-5-9-16-29/h4-21,31H,3,22-24H2,1-2H3,(H,35,39)/t31-/m0/s1. The molecule has 0 saturated heterocycles. The van der Waals surface area contributed by atoms with Crippen LogP contribution in [0.5, 0.6) is 5.75 Å². The van der Waals surface area contributed by atoms with Crippen molar-refractivity contribution < 1.29 is 22.7 Å². The molecule has 4 rings (SSSR count). The maximum absolute atomic E-state index is 14.4. The highest BCUT2D eigenvalue weighted by molar-refractivity contribution is 7.92. The van der Waals surface area contributed by atoms with Crippen molar-refractivity contribution in [3.05, 3.63) is 125 Å². The number of likely N-dealkylation sites (N-methyl/N-ethyl adjacent to an activating group) is 1. The molecule has 0 spiro atoms. The van der Waals surface area contributed by atoms with Crippen molar-refractivity contribution in [2.75, 3.05) is 24.5 Å². The highest BCUT2D eigenvalue weighted by Gasteiger charge is 2.34. The number of carbonyl (C=O) groups is 2. The van der Waals surface area contributed by atoms with E-state index in [2.05, 4.69) is 5.32 Å². The zero-order valence-electron chi connectivity index (χ0n) is 24.0. The van der Waals surface area contributed by atoms with Crippen molar-refractivity contribution in [3.63, 3.8) is 0 Å². The minimum atomic E-state index is -4.18. The normalized spacial score (nSPS) is 11.8. The molecule has 0 aliphatic carbocycles. The number of rotatable bonds is 13. The van der Waals surface area contributed by atoms with Crippen LogP contribution >= 0.6 is 11.6 Å². The largest absolute Gasteiger partial charge is 0.497 e. The van der Waals surface area contributed by atoms with Gasteiger partial charge in [-0.2, -0.15) is 0 Å². The van der Waals surface area contributed by atoms with Crippen LogP contribution in [-0.4, -0.2) is 51.4 Å². The Morgan fingerprint density at radius 1 is 0.860 bits per heavy atom. The fraction of sp³-hybridized carbons (Fsp3) is 0.212. The van der Waals surface area contributed by atoms with E-state index in [0.717, 1.165) is 9.87 Å². The van der Waals surface area contributed by atoms with Gasteiger partial charge < -0.3 is 15.0 Å². The second-order valence-corrected chi connectivity index (χ2v) is 12.0. The average molecular weight is 620 g/mol. The first-order valence-electron chi connectivity index (χ1n) is 13.8. The lowest BCUT2D eigenvalue weighted by Gasteiger charge is -2.34. The Balaban J connectivity index is 1.79. The number of nitrogens with zero attached hydrogens (tertiary/aromatic N) is 2. The summed E-state index contributed by atoms with van der Waals surface area (Å²) in [5.74, 6) is -0.386. The number of methoxy groups -OCH3 is 1. The molecule has 0 aliphatic heterocycles. The van der Waals surface area contributed by atoms with Crippen LogP contribution in [0.3, 0.4) is 0 Å². The summed E-state index contributed by atoms with van der Waals surface area (Å²) in [6.45, 7) is 1.60. The van der Waals surface area contributed by atoms with Crippen LogP contribution in [0.4, 0.5) is 5.69 Å². The van der Waals surface area contributed by atoms with E-state index in [1.807, 2.05) is 30.3 Å². The van der Waals surface area contributed by atoms with Crippen LogP contribution in [0.2, 0.25) is 5.02 Å². The highest BCUT2D eigenvalue weighted by Crippen LogP contribution is 2.27. The van der Waals surface area contributed by atoms with Gasteiger partial charge in [0.15, 0.2) is 0 Å². The molecular formula is C33H34ClN3O5S. The fourth-order valence-electron chi connectivity index (χ4n) is 4.65. The number of anilines is 1. The molecule has 1 N–H and O–H groups in total. The third-order valence-corrected chi connectivity index (χ3v) is 9.05. The first-order valence-corrected chi connectivity index (χ1v) is 15.6. The first-order chi connectivity index (χ1) is 20.7. The monoisotopic (exact) mass is 619 g/mol. The Morgan fingerprint density at radius 2 is 1.47 bits per heavy atom. The van der Waals surface area contributed by atoms with Crippen molar-refractivity contribution >= 4 is 39.1 Å². The molecule has 43 heavy (non-hydrogen) atoms. The van der Waals surface area contributed by atoms with E-state index < -0.39 is 28.5 Å². The van der Waals surface area contributed by atoms with E-state index >= 15 is 0 Å². The van der Waals surface area contributed by atoms with Gasteiger partial charge in [0.2, 0.25) is 11.8 Å². The van der Waals surface area contributed by atoms with Gasteiger partial charge in [-0.3, -0.25) is 13.9 Å². The molecule has 0 fully saturated rings. The molecule has 0 unspecified atom stereocenters. The van der Waals surface area contributed by atoms with E-state index in [-0.39, 0.29) is 29.5 Å². The molecule has 0 aromatic heterocycles. The smallest absolute Gasteiger partial charge is 0.264 e. The number of amides is 2. The predicted molar refractivity (Wildman–Crippen MR) is 169 cm³/mol. The average Bonchev–Trinajstić information content (AvgIpc) is 3.03. The second-order valence-electron chi connectivity index (χ2n) is 9.74. The van der Waals surface area contributed by atoms with Crippen molar-refractivity contribution in [3.8, 4) is 5.75 Å². The van der Waals surface area contributed by atoms with Gasteiger partial charge in [0, 0.05) is 24.5 Å². The van der Waals surface area contributed by atoms with Gasteiger partial charge >= 0.3 is 0 Å². The van der Waals surface area contributed by atoms with Crippen LogP contribution < -0.4 is 14.4 Å². The number of sulfonamides is 1. The van der Waals surface area contributed by atoms with Crippen molar-refractivity contribution in [1.82, 2.24) is 10.2 Å². The Kier molecular flexibility index (Phi) is 10.8. The molecule has 0 heterocycles. The Morgan fingerprint density at radius 3 is 2.07 bits per heavy atom. The first kappa shape index (κ1) is 31.6. The summed E-state index contributed by atoms with van der Waals surface area (Å²) in [7, 11) is -2.67. The Labute approximate surface area is 257 Å². The lowest BCUT2D eigenvalue weighted by Crippen LogP contribution is -2.53. The molecule has 2 amide bonds. The number of hydrogen-bond acceptors (Lipinski definition) is 5. The molecule has 0 saturated carbocycles. The zero-order chi connectivity index (χ0) is 30.8. The maximum atomic E-state index is 14.4. The van der Waals surface area contributed by atoms with Gasteiger partial charge in [-0.1, -0.05) is 78.3 Å². The molecule has 1 atom stereocenters. The summed E-state index contributed by atoms with van der Waals surface area (Å²) < 4.78 is 34.3. The number of hydrogen-bond donors (Lipinski definition) is 1. The molecule has 8 nitrogen and oxygen atoms in total. The molecule has 0 radical (unpaired) electrons. The van der Waals surface area contributed by atoms with Gasteiger partial charge in [0.05, 0.1) is 17.7 Å². The van der Waals surface area contributed by atoms with Crippen molar-refractivity contribution in [2.24, 2.45) is 0 Å². The lowest BCUT2D eigenvalue weighted by atomic mass is 10.0. The summed E-state index contributed by atoms with van der Waals surface area (Å²) in [5.41, 5.74) is 1.75. The summed E-state index contributed by atoms with van der Waals surface area (Å²) in [6, 6.07) is 29.8. The maximum Gasteiger partial charge on any atom is 0.264 e. The van der Waals surface area contributed by atoms with Crippen LogP contribution in [0, 0.1) is 0 Å². The zero-order valence-corrected chi connectivity index (χ0v) is 25.6. The minimum Gasteiger partial charge on any atom is -0.497 e. The molecule has 10 heteroatoms. The van der Waals surface area contributed by atoms with Gasteiger partial charge in [-0.05, 0) is 60.5 Å². The number of nitrogens with one attached hydrogen (secondary N) is 1. The van der Waals surface area contributed by atoms with E-state index in [9.17, 15) is 18.0 Å². The van der Waals surface area contributed by atoms with E-state index in [0.29, 0.717) is 22.9 Å². The number of benzene rings is 4. The molecule has 4 aromatic carbocycles. The number of halogens is 1. The molecule has 0 bridgehead atoms.